The molecule has 19 heavy (non-hydrogen) atoms. The minimum atomic E-state index is -0.108. The van der Waals surface area contributed by atoms with E-state index < -0.39 is 0 Å². The van der Waals surface area contributed by atoms with E-state index in [-0.39, 0.29) is 11.7 Å². The Morgan fingerprint density at radius 3 is 2.63 bits per heavy atom. The molecule has 0 spiro atoms. The van der Waals surface area contributed by atoms with E-state index in [0.717, 1.165) is 39.9 Å². The van der Waals surface area contributed by atoms with Gasteiger partial charge in [0.25, 0.3) is 0 Å². The van der Waals surface area contributed by atoms with Crippen LogP contribution < -0.4 is 4.74 Å². The Hall–Kier alpha value is -1.35. The first-order chi connectivity index (χ1) is 9.15. The molecule has 1 aliphatic carbocycles. The van der Waals surface area contributed by atoms with E-state index in [0.29, 0.717) is 0 Å². The van der Waals surface area contributed by atoms with E-state index in [2.05, 4.69) is 22.9 Å². The molecule has 0 saturated heterocycles. The molecule has 1 nitrogen and oxygen atoms in total. The quantitative estimate of drug-likeness (QED) is 0.716. The third-order valence-corrected chi connectivity index (χ3v) is 4.15. The maximum Gasteiger partial charge on any atom is 0.131 e. The molecular weight excluding hydrogens is 307 g/mol. The highest BCUT2D eigenvalue weighted by atomic mass is 79.9. The van der Waals surface area contributed by atoms with Crippen LogP contribution >= 0.6 is 15.9 Å². The van der Waals surface area contributed by atoms with Crippen molar-refractivity contribution in [2.24, 2.45) is 0 Å². The second kappa shape index (κ2) is 4.97. The summed E-state index contributed by atoms with van der Waals surface area (Å²) in [4.78, 5) is 0. The molecule has 0 amide bonds. The topological polar surface area (TPSA) is 9.23 Å². The first-order valence-corrected chi connectivity index (χ1v) is 7.19. The van der Waals surface area contributed by atoms with Gasteiger partial charge in [0.05, 0.1) is 0 Å². The lowest BCUT2D eigenvalue weighted by Crippen LogP contribution is -1.95. The zero-order valence-electron chi connectivity index (χ0n) is 10.6. The highest BCUT2D eigenvalue weighted by Gasteiger charge is 2.25. The zero-order valence-corrected chi connectivity index (χ0v) is 12.2. The molecule has 0 N–H and O–H groups in total. The van der Waals surface area contributed by atoms with Gasteiger partial charge in [0.15, 0.2) is 0 Å². The summed E-state index contributed by atoms with van der Waals surface area (Å²) >= 11 is 3.39. The fourth-order valence-corrected chi connectivity index (χ4v) is 2.90. The summed E-state index contributed by atoms with van der Waals surface area (Å²) in [5.41, 5.74) is 1.85. The van der Waals surface area contributed by atoms with Gasteiger partial charge in [0.2, 0.25) is 0 Å². The smallest absolute Gasteiger partial charge is 0.131 e. The van der Waals surface area contributed by atoms with Gasteiger partial charge in [-0.2, -0.15) is 0 Å². The van der Waals surface area contributed by atoms with Gasteiger partial charge in [0.1, 0.15) is 17.3 Å². The van der Waals surface area contributed by atoms with E-state index in [9.17, 15) is 4.39 Å². The van der Waals surface area contributed by atoms with Crippen LogP contribution in [0.5, 0.6) is 11.5 Å². The van der Waals surface area contributed by atoms with Crippen LogP contribution in [0.1, 0.15) is 30.4 Å². The van der Waals surface area contributed by atoms with Crippen LogP contribution in [0.2, 0.25) is 0 Å². The van der Waals surface area contributed by atoms with Crippen molar-refractivity contribution in [3.63, 3.8) is 0 Å². The Labute approximate surface area is 120 Å². The van der Waals surface area contributed by atoms with Gasteiger partial charge in [-0.1, -0.05) is 22.9 Å². The molecule has 2 aromatic carbocycles. The molecule has 0 aliphatic heterocycles. The number of ether oxygens (including phenoxy) is 1. The van der Waals surface area contributed by atoms with Crippen molar-refractivity contribution in [3.8, 4) is 11.5 Å². The number of benzene rings is 2. The van der Waals surface area contributed by atoms with Crippen LogP contribution in [-0.2, 0) is 6.42 Å². The molecule has 0 aromatic heterocycles. The number of hydrogen-bond acceptors (Lipinski definition) is 1. The van der Waals surface area contributed by atoms with Gasteiger partial charge in [-0.25, -0.2) is 4.39 Å². The molecule has 0 bridgehead atoms. The molecule has 0 saturated carbocycles. The molecule has 1 atom stereocenters. The molecule has 98 valence electrons. The van der Waals surface area contributed by atoms with Gasteiger partial charge in [0, 0.05) is 10.0 Å². The third-order valence-electron chi connectivity index (χ3n) is 3.62. The molecule has 3 heteroatoms. The van der Waals surface area contributed by atoms with E-state index in [4.69, 9.17) is 4.74 Å². The molecule has 3 rings (SSSR count). The number of halogens is 2. The second-order valence-electron chi connectivity index (χ2n) is 4.93. The van der Waals surface area contributed by atoms with Gasteiger partial charge in [-0.3, -0.25) is 0 Å². The number of rotatable bonds is 2. The van der Waals surface area contributed by atoms with Gasteiger partial charge < -0.3 is 4.74 Å². The Kier molecular flexibility index (Phi) is 3.31. The summed E-state index contributed by atoms with van der Waals surface area (Å²) in [6, 6.07) is 10.9. The lowest BCUT2D eigenvalue weighted by Gasteiger charge is -2.12. The summed E-state index contributed by atoms with van der Waals surface area (Å²) in [6.45, 7) is 2.07. The minimum Gasteiger partial charge on any atom is -0.457 e. The predicted octanol–water partition coefficient (Wildman–Crippen LogP) is 5.43. The summed E-state index contributed by atoms with van der Waals surface area (Å²) in [5.74, 6) is 1.73. The lowest BCUT2D eigenvalue weighted by atomic mass is 10.0. The Balaban J connectivity index is 1.96. The second-order valence-corrected chi connectivity index (χ2v) is 5.85. The maximum absolute atomic E-state index is 13.9. The highest BCUT2D eigenvalue weighted by molar-refractivity contribution is 9.10. The van der Waals surface area contributed by atoms with Crippen LogP contribution in [0.3, 0.4) is 0 Å². The SMILES string of the molecule is C[C@@H]1CCc2c(Oc3ccc(Br)cc3)ccc(F)c21. The fraction of sp³-hybridized carbons (Fsp3) is 0.250. The van der Waals surface area contributed by atoms with Crippen LogP contribution in [0, 0.1) is 5.82 Å². The molecule has 0 radical (unpaired) electrons. The van der Waals surface area contributed by atoms with E-state index in [1.165, 1.54) is 6.07 Å². The zero-order chi connectivity index (χ0) is 13.4. The maximum atomic E-state index is 13.9. The molecule has 1 aliphatic rings. The van der Waals surface area contributed by atoms with Crippen molar-refractivity contribution in [1.82, 2.24) is 0 Å². The normalized spacial score (nSPS) is 17.3. The Morgan fingerprint density at radius 1 is 1.16 bits per heavy atom. The van der Waals surface area contributed by atoms with Crippen molar-refractivity contribution in [1.29, 1.82) is 0 Å². The molecule has 2 aromatic rings. The van der Waals surface area contributed by atoms with Gasteiger partial charge in [-0.15, -0.1) is 0 Å². The predicted molar refractivity (Wildman–Crippen MR) is 77.4 cm³/mol. The van der Waals surface area contributed by atoms with Crippen LogP contribution in [-0.4, -0.2) is 0 Å². The number of hydrogen-bond donors (Lipinski definition) is 0. The number of fused-ring (bicyclic) bond motifs is 1. The highest BCUT2D eigenvalue weighted by Crippen LogP contribution is 2.41. The van der Waals surface area contributed by atoms with Gasteiger partial charge in [-0.05, 0) is 60.7 Å². The Bertz CT molecular complexity index is 607. The van der Waals surface area contributed by atoms with Crippen molar-refractivity contribution >= 4 is 15.9 Å². The summed E-state index contributed by atoms with van der Waals surface area (Å²) in [5, 5.41) is 0. The summed E-state index contributed by atoms with van der Waals surface area (Å²) in [7, 11) is 0. The standard InChI is InChI=1S/C16H14BrFO/c1-10-2-7-13-15(9-8-14(18)16(10)13)19-12-5-3-11(17)4-6-12/h3-6,8-10H,2,7H2,1H3/t10-/m1/s1. The third kappa shape index (κ3) is 2.39. The molecule has 0 fully saturated rings. The van der Waals surface area contributed by atoms with Crippen molar-refractivity contribution in [3.05, 3.63) is 57.8 Å². The van der Waals surface area contributed by atoms with E-state index >= 15 is 0 Å². The van der Waals surface area contributed by atoms with Crippen molar-refractivity contribution in [2.45, 2.75) is 25.7 Å². The summed E-state index contributed by atoms with van der Waals surface area (Å²) < 4.78 is 20.8. The molecule has 0 unspecified atom stereocenters. The van der Waals surface area contributed by atoms with Crippen molar-refractivity contribution in [2.75, 3.05) is 0 Å². The van der Waals surface area contributed by atoms with E-state index in [1.54, 1.807) is 6.07 Å². The monoisotopic (exact) mass is 320 g/mol. The average molecular weight is 321 g/mol. The largest absolute Gasteiger partial charge is 0.457 e. The first kappa shape index (κ1) is 12.7. The first-order valence-electron chi connectivity index (χ1n) is 6.40. The van der Waals surface area contributed by atoms with Crippen LogP contribution in [0.25, 0.3) is 0 Å². The Morgan fingerprint density at radius 2 is 1.89 bits per heavy atom. The van der Waals surface area contributed by atoms with Crippen LogP contribution in [0.15, 0.2) is 40.9 Å². The van der Waals surface area contributed by atoms with Crippen molar-refractivity contribution < 1.29 is 9.13 Å². The average Bonchev–Trinajstić information content (AvgIpc) is 2.79. The lowest BCUT2D eigenvalue weighted by molar-refractivity contribution is 0.474. The van der Waals surface area contributed by atoms with E-state index in [1.807, 2.05) is 24.3 Å². The minimum absolute atomic E-state index is 0.108. The van der Waals surface area contributed by atoms with Gasteiger partial charge >= 0.3 is 0 Å². The fourth-order valence-electron chi connectivity index (χ4n) is 2.64. The summed E-state index contributed by atoms with van der Waals surface area (Å²) in [6.07, 6.45) is 1.88. The molecular formula is C16H14BrFO. The van der Waals surface area contributed by atoms with Crippen LogP contribution in [0.4, 0.5) is 4.39 Å². The molecule has 0 heterocycles.